The molecule has 1 amide bonds. The van der Waals surface area contributed by atoms with Crippen molar-refractivity contribution in [3.8, 4) is 0 Å². The number of aromatic nitrogens is 3. The van der Waals surface area contributed by atoms with Crippen LogP contribution in [0.2, 0.25) is 0 Å². The predicted octanol–water partition coefficient (Wildman–Crippen LogP) is 2.88. The van der Waals surface area contributed by atoms with Crippen LogP contribution in [0.15, 0.2) is 18.7 Å². The monoisotopic (exact) mass is 304 g/mol. The number of anilines is 1. The first-order valence-corrected chi connectivity index (χ1v) is 8.26. The Bertz CT molecular complexity index is 605. The van der Waals surface area contributed by atoms with E-state index in [2.05, 4.69) is 22.2 Å². The smallest absolute Gasteiger partial charge is 0.226 e. The molecule has 21 heavy (non-hydrogen) atoms. The molecule has 1 N–H and O–H groups in total. The molecule has 0 saturated carbocycles. The van der Waals surface area contributed by atoms with E-state index in [4.69, 9.17) is 0 Å². The molecule has 5 nitrogen and oxygen atoms in total. The minimum absolute atomic E-state index is 0.0502. The summed E-state index contributed by atoms with van der Waals surface area (Å²) in [5.41, 5.74) is 1.19. The lowest BCUT2D eigenvalue weighted by Crippen LogP contribution is -2.12. The lowest BCUT2D eigenvalue weighted by Gasteiger charge is -2.15. The van der Waals surface area contributed by atoms with Gasteiger partial charge >= 0.3 is 0 Å². The molecule has 0 fully saturated rings. The maximum atomic E-state index is 11.9. The van der Waals surface area contributed by atoms with Crippen LogP contribution in [-0.2, 0) is 24.2 Å². The topological polar surface area (TPSA) is 59.8 Å². The number of hydrogen-bond acceptors (Lipinski definition) is 4. The van der Waals surface area contributed by atoms with Crippen LogP contribution in [0, 0.1) is 5.92 Å². The summed E-state index contributed by atoms with van der Waals surface area (Å²) in [7, 11) is 0. The van der Waals surface area contributed by atoms with Crippen LogP contribution < -0.4 is 5.32 Å². The molecule has 112 valence electrons. The van der Waals surface area contributed by atoms with E-state index < -0.39 is 0 Å². The van der Waals surface area contributed by atoms with Crippen LogP contribution in [0.1, 0.15) is 36.8 Å². The summed E-state index contributed by atoms with van der Waals surface area (Å²) in [5, 5.41) is 3.70. The fraction of sp³-hybridized carbons (Fsp3) is 0.533. The average molecular weight is 304 g/mol. The van der Waals surface area contributed by atoms with Gasteiger partial charge in [-0.1, -0.05) is 6.92 Å². The third-order valence-corrected chi connectivity index (χ3v) is 4.85. The van der Waals surface area contributed by atoms with Gasteiger partial charge in [0.15, 0.2) is 5.13 Å². The minimum atomic E-state index is 0.0502. The summed E-state index contributed by atoms with van der Waals surface area (Å²) in [6.07, 6.45) is 10.1. The molecule has 0 saturated heterocycles. The van der Waals surface area contributed by atoms with Gasteiger partial charge in [0.2, 0.25) is 5.91 Å². The number of fused-ring (bicyclic) bond motifs is 1. The number of amides is 1. The van der Waals surface area contributed by atoms with Gasteiger partial charge in [-0.25, -0.2) is 9.97 Å². The van der Waals surface area contributed by atoms with Crippen molar-refractivity contribution < 1.29 is 4.79 Å². The molecule has 6 heteroatoms. The molecule has 1 aliphatic carbocycles. The second-order valence-corrected chi connectivity index (χ2v) is 6.77. The molecule has 0 unspecified atom stereocenters. The van der Waals surface area contributed by atoms with Crippen molar-refractivity contribution in [3.63, 3.8) is 0 Å². The number of imidazole rings is 1. The van der Waals surface area contributed by atoms with Gasteiger partial charge < -0.3 is 9.88 Å². The molecular formula is C15H20N4OS. The number of carbonyl (C=O) groups excluding carboxylic acids is 1. The van der Waals surface area contributed by atoms with Gasteiger partial charge in [0.1, 0.15) is 0 Å². The Balaban J connectivity index is 1.48. The van der Waals surface area contributed by atoms with E-state index in [-0.39, 0.29) is 5.91 Å². The van der Waals surface area contributed by atoms with Crippen molar-refractivity contribution in [1.29, 1.82) is 0 Å². The standard InChI is InChI=1S/C15H20N4OS/c1-11-4-5-12-13(9-11)21-15(17-12)18-14(20)3-2-7-19-8-6-16-10-19/h6,8,10-11H,2-5,7,9H2,1H3,(H,17,18,20)/t11-/m1/s1. The first-order valence-electron chi connectivity index (χ1n) is 7.45. The molecule has 0 spiro atoms. The fourth-order valence-electron chi connectivity index (χ4n) is 2.62. The van der Waals surface area contributed by atoms with Crippen LogP contribution in [0.25, 0.3) is 0 Å². The Labute approximate surface area is 128 Å². The summed E-state index contributed by atoms with van der Waals surface area (Å²) < 4.78 is 1.98. The second-order valence-electron chi connectivity index (χ2n) is 5.69. The van der Waals surface area contributed by atoms with Gasteiger partial charge in [0.05, 0.1) is 12.0 Å². The van der Waals surface area contributed by atoms with Crippen LogP contribution in [-0.4, -0.2) is 20.4 Å². The van der Waals surface area contributed by atoms with Gasteiger partial charge in [-0.2, -0.15) is 0 Å². The van der Waals surface area contributed by atoms with Crippen LogP contribution in [0.4, 0.5) is 5.13 Å². The number of nitrogens with one attached hydrogen (secondary N) is 1. The highest BCUT2D eigenvalue weighted by Gasteiger charge is 2.20. The molecule has 1 aliphatic rings. The molecule has 0 aliphatic heterocycles. The highest BCUT2D eigenvalue weighted by atomic mass is 32.1. The van der Waals surface area contributed by atoms with Crippen LogP contribution in [0.5, 0.6) is 0 Å². The number of rotatable bonds is 5. The predicted molar refractivity (Wildman–Crippen MR) is 83.4 cm³/mol. The largest absolute Gasteiger partial charge is 0.337 e. The molecule has 2 heterocycles. The fourth-order valence-corrected chi connectivity index (χ4v) is 3.80. The number of nitrogens with zero attached hydrogens (tertiary/aromatic N) is 3. The summed E-state index contributed by atoms with van der Waals surface area (Å²) in [6.45, 7) is 3.09. The number of aryl methyl sites for hydroxylation is 2. The quantitative estimate of drug-likeness (QED) is 0.924. The van der Waals surface area contributed by atoms with E-state index in [1.54, 1.807) is 23.9 Å². The Morgan fingerprint density at radius 2 is 2.48 bits per heavy atom. The second kappa shape index (κ2) is 6.39. The van der Waals surface area contributed by atoms with Crippen molar-refractivity contribution in [1.82, 2.24) is 14.5 Å². The summed E-state index contributed by atoms with van der Waals surface area (Å²) >= 11 is 1.64. The van der Waals surface area contributed by atoms with E-state index in [1.165, 1.54) is 17.0 Å². The normalized spacial score (nSPS) is 17.5. The van der Waals surface area contributed by atoms with Crippen LogP contribution in [0.3, 0.4) is 0 Å². The number of carbonyl (C=O) groups is 1. The lowest BCUT2D eigenvalue weighted by molar-refractivity contribution is -0.116. The molecule has 0 aromatic carbocycles. The molecule has 3 rings (SSSR count). The lowest BCUT2D eigenvalue weighted by atomic mass is 9.93. The third kappa shape index (κ3) is 3.69. The van der Waals surface area contributed by atoms with Crippen LogP contribution >= 0.6 is 11.3 Å². The van der Waals surface area contributed by atoms with E-state index in [1.807, 2.05) is 10.8 Å². The Hall–Kier alpha value is -1.69. The van der Waals surface area contributed by atoms with E-state index in [9.17, 15) is 4.79 Å². The van der Waals surface area contributed by atoms with E-state index in [0.29, 0.717) is 6.42 Å². The van der Waals surface area contributed by atoms with Gasteiger partial charge in [-0.3, -0.25) is 4.79 Å². The molecule has 0 radical (unpaired) electrons. The maximum absolute atomic E-state index is 11.9. The van der Waals surface area contributed by atoms with Crippen molar-refractivity contribution in [2.75, 3.05) is 5.32 Å². The van der Waals surface area contributed by atoms with Gasteiger partial charge in [0.25, 0.3) is 0 Å². The molecule has 0 bridgehead atoms. The van der Waals surface area contributed by atoms with Gasteiger partial charge in [-0.15, -0.1) is 11.3 Å². The number of thiazole rings is 1. The highest BCUT2D eigenvalue weighted by molar-refractivity contribution is 7.15. The molecule has 2 aromatic heterocycles. The molecule has 1 atom stereocenters. The molecular weight excluding hydrogens is 284 g/mol. The van der Waals surface area contributed by atoms with Gasteiger partial charge in [0, 0.05) is 30.2 Å². The Morgan fingerprint density at radius 1 is 1.57 bits per heavy atom. The average Bonchev–Trinajstić information content (AvgIpc) is 3.07. The zero-order chi connectivity index (χ0) is 14.7. The zero-order valence-electron chi connectivity index (χ0n) is 12.2. The van der Waals surface area contributed by atoms with Gasteiger partial charge in [-0.05, 0) is 31.6 Å². The summed E-state index contributed by atoms with van der Waals surface area (Å²) in [6, 6.07) is 0. The highest BCUT2D eigenvalue weighted by Crippen LogP contribution is 2.32. The van der Waals surface area contributed by atoms with E-state index in [0.717, 1.165) is 36.9 Å². The Kier molecular flexibility index (Phi) is 4.34. The Morgan fingerprint density at radius 3 is 3.29 bits per heavy atom. The van der Waals surface area contributed by atoms with Crippen molar-refractivity contribution >= 4 is 22.4 Å². The molecule has 2 aromatic rings. The minimum Gasteiger partial charge on any atom is -0.337 e. The SMILES string of the molecule is C[C@@H]1CCc2nc(NC(=O)CCCn3ccnc3)sc2C1. The van der Waals surface area contributed by atoms with Crippen molar-refractivity contribution in [3.05, 3.63) is 29.3 Å². The first-order chi connectivity index (χ1) is 10.2. The first kappa shape index (κ1) is 14.3. The van der Waals surface area contributed by atoms with E-state index >= 15 is 0 Å². The van der Waals surface area contributed by atoms with Crippen molar-refractivity contribution in [2.45, 2.75) is 45.6 Å². The number of hydrogen-bond donors (Lipinski definition) is 1. The zero-order valence-corrected chi connectivity index (χ0v) is 13.0. The summed E-state index contributed by atoms with van der Waals surface area (Å²) in [4.78, 5) is 21.8. The third-order valence-electron chi connectivity index (χ3n) is 3.81. The van der Waals surface area contributed by atoms with Crippen molar-refractivity contribution in [2.24, 2.45) is 5.92 Å². The maximum Gasteiger partial charge on any atom is 0.226 e. The summed E-state index contributed by atoms with van der Waals surface area (Å²) in [5.74, 6) is 0.783.